The van der Waals surface area contributed by atoms with Gasteiger partial charge in [-0.25, -0.2) is 0 Å². The second kappa shape index (κ2) is 9.46. The molecule has 2 aromatic rings. The summed E-state index contributed by atoms with van der Waals surface area (Å²) in [6, 6.07) is 16.0. The normalized spacial score (nSPS) is 10.6. The molecule has 0 saturated carbocycles. The van der Waals surface area contributed by atoms with Crippen molar-refractivity contribution in [1.29, 1.82) is 0 Å². The van der Waals surface area contributed by atoms with Crippen molar-refractivity contribution in [3.63, 3.8) is 0 Å². The number of ether oxygens (including phenoxy) is 2. The maximum atomic E-state index is 6.29. The summed E-state index contributed by atoms with van der Waals surface area (Å²) in [4.78, 5) is 0. The van der Waals surface area contributed by atoms with Crippen LogP contribution in [0.2, 0.25) is 5.02 Å². The van der Waals surface area contributed by atoms with Gasteiger partial charge in [-0.05, 0) is 36.2 Å². The zero-order valence-corrected chi connectivity index (χ0v) is 13.6. The van der Waals surface area contributed by atoms with Crippen molar-refractivity contribution in [3.05, 3.63) is 64.7 Å². The molecule has 0 heterocycles. The minimum Gasteiger partial charge on any atom is -0.487 e. The van der Waals surface area contributed by atoms with Crippen LogP contribution in [0.4, 0.5) is 0 Å². The number of hydrogen-bond donors (Lipinski definition) is 1. The molecule has 0 bridgehead atoms. The van der Waals surface area contributed by atoms with Crippen LogP contribution in [0.25, 0.3) is 0 Å². The lowest BCUT2D eigenvalue weighted by Gasteiger charge is -2.10. The van der Waals surface area contributed by atoms with E-state index in [-0.39, 0.29) is 0 Å². The highest BCUT2D eigenvalue weighted by Crippen LogP contribution is 2.26. The van der Waals surface area contributed by atoms with Crippen molar-refractivity contribution in [2.24, 2.45) is 0 Å². The number of rotatable bonds is 9. The summed E-state index contributed by atoms with van der Waals surface area (Å²) < 4.78 is 10.8. The smallest absolute Gasteiger partial charge is 0.138 e. The Bertz CT molecular complexity index is 560. The first-order valence-corrected chi connectivity index (χ1v) is 7.82. The third kappa shape index (κ3) is 5.68. The highest BCUT2D eigenvalue weighted by molar-refractivity contribution is 6.32. The maximum absolute atomic E-state index is 6.29. The summed E-state index contributed by atoms with van der Waals surface area (Å²) in [5.41, 5.74) is 2.27. The summed E-state index contributed by atoms with van der Waals surface area (Å²) in [6.07, 6.45) is 1.00. The van der Waals surface area contributed by atoms with Crippen molar-refractivity contribution >= 4 is 11.6 Å². The van der Waals surface area contributed by atoms with Crippen LogP contribution < -0.4 is 10.1 Å². The van der Waals surface area contributed by atoms with E-state index in [0.717, 1.165) is 37.2 Å². The molecule has 118 valence electrons. The van der Waals surface area contributed by atoms with Crippen molar-refractivity contribution < 1.29 is 9.47 Å². The summed E-state index contributed by atoms with van der Waals surface area (Å²) in [7, 11) is 1.72. The minimum absolute atomic E-state index is 0.523. The number of methoxy groups -OCH3 is 1. The third-order valence-electron chi connectivity index (χ3n) is 3.26. The molecule has 0 unspecified atom stereocenters. The molecular formula is C18H22ClNO2. The fraction of sp³-hybridized carbons (Fsp3) is 0.333. The zero-order chi connectivity index (χ0) is 15.6. The molecule has 2 aromatic carbocycles. The Balaban J connectivity index is 1.81. The molecule has 1 N–H and O–H groups in total. The van der Waals surface area contributed by atoms with E-state index < -0.39 is 0 Å². The van der Waals surface area contributed by atoms with Gasteiger partial charge in [-0.1, -0.05) is 48.0 Å². The Hall–Kier alpha value is -1.55. The molecule has 0 amide bonds. The molecule has 4 heteroatoms. The topological polar surface area (TPSA) is 30.5 Å². The van der Waals surface area contributed by atoms with E-state index in [2.05, 4.69) is 5.32 Å². The molecule has 0 aliphatic rings. The monoisotopic (exact) mass is 319 g/mol. The van der Waals surface area contributed by atoms with Crippen molar-refractivity contribution in [2.75, 3.05) is 20.3 Å². The second-order valence-corrected chi connectivity index (χ2v) is 5.47. The van der Waals surface area contributed by atoms with Crippen LogP contribution in [0.15, 0.2) is 48.5 Å². The first-order chi connectivity index (χ1) is 10.8. The lowest BCUT2D eigenvalue weighted by Crippen LogP contribution is -2.16. The summed E-state index contributed by atoms with van der Waals surface area (Å²) in [6.45, 7) is 3.02. The zero-order valence-electron chi connectivity index (χ0n) is 12.8. The van der Waals surface area contributed by atoms with Gasteiger partial charge in [-0.2, -0.15) is 0 Å². The van der Waals surface area contributed by atoms with Gasteiger partial charge in [0.1, 0.15) is 12.4 Å². The lowest BCUT2D eigenvalue weighted by atomic mass is 10.2. The molecule has 0 radical (unpaired) electrons. The van der Waals surface area contributed by atoms with Crippen molar-refractivity contribution in [1.82, 2.24) is 5.32 Å². The fourth-order valence-corrected chi connectivity index (χ4v) is 2.34. The number of nitrogens with one attached hydrogen (secondary N) is 1. The Morgan fingerprint density at radius 1 is 1.05 bits per heavy atom. The first kappa shape index (κ1) is 16.8. The lowest BCUT2D eigenvalue weighted by molar-refractivity contribution is 0.194. The minimum atomic E-state index is 0.523. The maximum Gasteiger partial charge on any atom is 0.138 e. The molecule has 0 atom stereocenters. The number of benzene rings is 2. The van der Waals surface area contributed by atoms with E-state index in [9.17, 15) is 0 Å². The molecule has 3 nitrogen and oxygen atoms in total. The molecule has 0 aromatic heterocycles. The molecular weight excluding hydrogens is 298 g/mol. The number of hydrogen-bond acceptors (Lipinski definition) is 3. The third-order valence-corrected chi connectivity index (χ3v) is 3.56. The van der Waals surface area contributed by atoms with Gasteiger partial charge in [-0.3, -0.25) is 0 Å². The molecule has 0 aliphatic heterocycles. The van der Waals surface area contributed by atoms with Gasteiger partial charge in [0.05, 0.1) is 5.02 Å². The van der Waals surface area contributed by atoms with Crippen LogP contribution in [-0.4, -0.2) is 20.3 Å². The van der Waals surface area contributed by atoms with E-state index in [1.54, 1.807) is 7.11 Å². The van der Waals surface area contributed by atoms with E-state index in [4.69, 9.17) is 21.1 Å². The van der Waals surface area contributed by atoms with E-state index in [1.165, 1.54) is 0 Å². The van der Waals surface area contributed by atoms with Gasteiger partial charge >= 0.3 is 0 Å². The predicted molar refractivity (Wildman–Crippen MR) is 90.4 cm³/mol. The Morgan fingerprint density at radius 2 is 1.86 bits per heavy atom. The van der Waals surface area contributed by atoms with Gasteiger partial charge in [0.2, 0.25) is 0 Å². The highest BCUT2D eigenvalue weighted by Gasteiger charge is 2.04. The SMILES string of the molecule is COCCCNCc1ccc(OCc2ccccc2)c(Cl)c1. The fourth-order valence-electron chi connectivity index (χ4n) is 2.08. The van der Waals surface area contributed by atoms with Crippen molar-refractivity contribution in [3.8, 4) is 5.75 Å². The Morgan fingerprint density at radius 3 is 2.59 bits per heavy atom. The standard InChI is InChI=1S/C18H22ClNO2/c1-21-11-5-10-20-13-16-8-9-18(17(19)12-16)22-14-15-6-3-2-4-7-15/h2-4,6-9,12,20H,5,10-11,13-14H2,1H3. The molecule has 0 saturated heterocycles. The van der Waals surface area contributed by atoms with Crippen LogP contribution in [-0.2, 0) is 17.9 Å². The van der Waals surface area contributed by atoms with E-state index in [1.807, 2.05) is 48.5 Å². The van der Waals surface area contributed by atoms with Crippen LogP contribution in [0, 0.1) is 0 Å². The van der Waals surface area contributed by atoms with E-state index >= 15 is 0 Å². The summed E-state index contributed by atoms with van der Waals surface area (Å²) in [5.74, 6) is 0.716. The van der Waals surface area contributed by atoms with Gasteiger partial charge in [0.25, 0.3) is 0 Å². The van der Waals surface area contributed by atoms with Crippen LogP contribution in [0.5, 0.6) is 5.75 Å². The highest BCUT2D eigenvalue weighted by atomic mass is 35.5. The van der Waals surface area contributed by atoms with Crippen molar-refractivity contribution in [2.45, 2.75) is 19.6 Å². The van der Waals surface area contributed by atoms with Gasteiger partial charge < -0.3 is 14.8 Å². The largest absolute Gasteiger partial charge is 0.487 e. The quantitative estimate of drug-likeness (QED) is 0.707. The van der Waals surface area contributed by atoms with Gasteiger partial charge in [-0.15, -0.1) is 0 Å². The molecule has 2 rings (SSSR count). The molecule has 0 aliphatic carbocycles. The average Bonchev–Trinajstić information content (AvgIpc) is 2.55. The molecule has 22 heavy (non-hydrogen) atoms. The van der Waals surface area contributed by atoms with Gasteiger partial charge in [0.15, 0.2) is 0 Å². The van der Waals surface area contributed by atoms with Crippen LogP contribution >= 0.6 is 11.6 Å². The Kier molecular flexibility index (Phi) is 7.23. The molecule has 0 spiro atoms. The number of halogens is 1. The van der Waals surface area contributed by atoms with E-state index in [0.29, 0.717) is 17.4 Å². The summed E-state index contributed by atoms with van der Waals surface area (Å²) >= 11 is 6.29. The first-order valence-electron chi connectivity index (χ1n) is 7.44. The van der Waals surface area contributed by atoms with Crippen LogP contribution in [0.3, 0.4) is 0 Å². The van der Waals surface area contributed by atoms with Gasteiger partial charge in [0, 0.05) is 20.3 Å². The predicted octanol–water partition coefficient (Wildman–Crippen LogP) is 4.05. The Labute approximate surface area is 137 Å². The average molecular weight is 320 g/mol. The second-order valence-electron chi connectivity index (χ2n) is 5.06. The van der Waals surface area contributed by atoms with Crippen LogP contribution in [0.1, 0.15) is 17.5 Å². The summed E-state index contributed by atoms with van der Waals surface area (Å²) in [5, 5.41) is 4.01. The molecule has 0 fully saturated rings.